The summed E-state index contributed by atoms with van der Waals surface area (Å²) in [4.78, 5) is 20.1. The lowest BCUT2D eigenvalue weighted by atomic mass is 10.0. The van der Waals surface area contributed by atoms with Crippen molar-refractivity contribution in [1.82, 2.24) is 4.90 Å². The Morgan fingerprint density at radius 2 is 1.65 bits per heavy atom. The molecule has 0 aliphatic carbocycles. The topological polar surface area (TPSA) is 41.9 Å². The van der Waals surface area contributed by atoms with E-state index in [9.17, 15) is 18.0 Å². The molecule has 4 rings (SSSR count). The Hall–Kier alpha value is -3.61. The van der Waals surface area contributed by atoms with E-state index in [2.05, 4.69) is 5.16 Å². The molecule has 3 aromatic rings. The Morgan fingerprint density at radius 3 is 2.35 bits per heavy atom. The maximum absolute atomic E-state index is 13.7. The number of rotatable bonds is 6. The SMILES string of the molecule is O=C(c1cccc(F)c1)N(Cc1ccc(F)cc1)C[C@H]1CC(c2cccc(F)c2)=NO1. The zero-order valence-corrected chi connectivity index (χ0v) is 16.5. The lowest BCUT2D eigenvalue weighted by Crippen LogP contribution is -2.37. The number of amides is 1. The minimum absolute atomic E-state index is 0.176. The standard InChI is InChI=1S/C24H19F3N2O2/c25-19-9-7-16(8-10-19)14-29(24(30)18-4-2-6-21(27)12-18)15-22-13-23(28-31-22)17-3-1-5-20(26)11-17/h1-12,22H,13-15H2/t22-/m1/s1. The lowest BCUT2D eigenvalue weighted by Gasteiger charge is -2.25. The molecule has 1 atom stereocenters. The molecule has 158 valence electrons. The van der Waals surface area contributed by atoms with Crippen LogP contribution < -0.4 is 0 Å². The third kappa shape index (κ3) is 5.12. The summed E-state index contributed by atoms with van der Waals surface area (Å²) in [6, 6.07) is 17.3. The fourth-order valence-electron chi connectivity index (χ4n) is 3.44. The first-order valence-electron chi connectivity index (χ1n) is 9.76. The summed E-state index contributed by atoms with van der Waals surface area (Å²) in [5, 5.41) is 4.05. The van der Waals surface area contributed by atoms with Crippen molar-refractivity contribution >= 4 is 11.6 Å². The molecule has 0 fully saturated rings. The predicted octanol–water partition coefficient (Wildman–Crippen LogP) is 4.94. The first-order chi connectivity index (χ1) is 15.0. The van der Waals surface area contributed by atoms with Crippen molar-refractivity contribution in [3.05, 3.63) is 107 Å². The highest BCUT2D eigenvalue weighted by Crippen LogP contribution is 2.21. The number of oxime groups is 1. The quantitative estimate of drug-likeness (QED) is 0.563. The number of halogens is 3. The van der Waals surface area contributed by atoms with E-state index in [0.29, 0.717) is 17.7 Å². The van der Waals surface area contributed by atoms with E-state index in [4.69, 9.17) is 4.84 Å². The van der Waals surface area contributed by atoms with Crippen molar-refractivity contribution < 1.29 is 22.8 Å². The Morgan fingerprint density at radius 1 is 0.935 bits per heavy atom. The monoisotopic (exact) mass is 424 g/mol. The zero-order chi connectivity index (χ0) is 21.8. The van der Waals surface area contributed by atoms with Gasteiger partial charge in [0.25, 0.3) is 5.91 Å². The molecular formula is C24H19F3N2O2. The van der Waals surface area contributed by atoms with E-state index in [1.54, 1.807) is 24.3 Å². The van der Waals surface area contributed by atoms with Gasteiger partial charge in [-0.1, -0.05) is 35.5 Å². The molecule has 0 unspecified atom stereocenters. The van der Waals surface area contributed by atoms with E-state index in [-0.39, 0.29) is 36.2 Å². The highest BCUT2D eigenvalue weighted by molar-refractivity contribution is 6.01. The number of nitrogens with zero attached hydrogens (tertiary/aromatic N) is 2. The molecule has 0 saturated heterocycles. The minimum Gasteiger partial charge on any atom is -0.390 e. The van der Waals surface area contributed by atoms with Crippen molar-refractivity contribution in [2.45, 2.75) is 19.1 Å². The van der Waals surface area contributed by atoms with E-state index in [0.717, 1.165) is 5.56 Å². The van der Waals surface area contributed by atoms with Gasteiger partial charge in [0, 0.05) is 24.1 Å². The zero-order valence-electron chi connectivity index (χ0n) is 16.5. The van der Waals surface area contributed by atoms with Crippen molar-refractivity contribution in [2.75, 3.05) is 6.54 Å². The third-order valence-electron chi connectivity index (χ3n) is 4.96. The van der Waals surface area contributed by atoms with Gasteiger partial charge in [0.05, 0.1) is 12.3 Å². The molecule has 3 aromatic carbocycles. The summed E-state index contributed by atoms with van der Waals surface area (Å²) >= 11 is 0. The number of carbonyl (C=O) groups is 1. The van der Waals surface area contributed by atoms with Crippen LogP contribution in [0, 0.1) is 17.5 Å². The van der Waals surface area contributed by atoms with Gasteiger partial charge in [-0.2, -0.15) is 0 Å². The second-order valence-corrected chi connectivity index (χ2v) is 7.30. The van der Waals surface area contributed by atoms with E-state index < -0.39 is 11.9 Å². The molecule has 0 N–H and O–H groups in total. The van der Waals surface area contributed by atoms with Crippen LogP contribution in [0.2, 0.25) is 0 Å². The van der Waals surface area contributed by atoms with Gasteiger partial charge in [0.1, 0.15) is 17.5 Å². The van der Waals surface area contributed by atoms with Crippen molar-refractivity contribution in [1.29, 1.82) is 0 Å². The predicted molar refractivity (Wildman–Crippen MR) is 110 cm³/mol. The molecule has 31 heavy (non-hydrogen) atoms. The first kappa shape index (κ1) is 20.7. The molecule has 7 heteroatoms. The maximum atomic E-state index is 13.7. The van der Waals surface area contributed by atoms with Crippen LogP contribution in [0.15, 0.2) is 78.0 Å². The molecule has 0 saturated carbocycles. The van der Waals surface area contributed by atoms with Crippen molar-refractivity contribution in [2.24, 2.45) is 5.16 Å². The van der Waals surface area contributed by atoms with Gasteiger partial charge in [0.15, 0.2) is 6.10 Å². The van der Waals surface area contributed by atoms with Gasteiger partial charge >= 0.3 is 0 Å². The second-order valence-electron chi connectivity index (χ2n) is 7.30. The van der Waals surface area contributed by atoms with Gasteiger partial charge in [-0.3, -0.25) is 4.79 Å². The summed E-state index contributed by atoms with van der Waals surface area (Å²) in [7, 11) is 0. The smallest absolute Gasteiger partial charge is 0.254 e. The fourth-order valence-corrected chi connectivity index (χ4v) is 3.44. The molecule has 0 radical (unpaired) electrons. The number of hydrogen-bond acceptors (Lipinski definition) is 3. The van der Waals surface area contributed by atoms with Crippen LogP contribution in [-0.4, -0.2) is 29.2 Å². The van der Waals surface area contributed by atoms with Crippen LogP contribution in [0.25, 0.3) is 0 Å². The van der Waals surface area contributed by atoms with Crippen LogP contribution in [0.3, 0.4) is 0 Å². The van der Waals surface area contributed by atoms with Gasteiger partial charge in [-0.25, -0.2) is 13.2 Å². The van der Waals surface area contributed by atoms with Crippen molar-refractivity contribution in [3.8, 4) is 0 Å². The summed E-state index contributed by atoms with van der Waals surface area (Å²) in [5.41, 5.74) is 2.12. The van der Waals surface area contributed by atoms with E-state index >= 15 is 0 Å². The minimum atomic E-state index is -0.513. The summed E-state index contributed by atoms with van der Waals surface area (Å²) in [6.07, 6.45) is -0.0592. The van der Waals surface area contributed by atoms with Crippen LogP contribution in [0.4, 0.5) is 13.2 Å². The third-order valence-corrected chi connectivity index (χ3v) is 4.96. The van der Waals surface area contributed by atoms with Crippen LogP contribution in [-0.2, 0) is 11.4 Å². The Kier molecular flexibility index (Phi) is 6.02. The van der Waals surface area contributed by atoms with E-state index in [1.165, 1.54) is 53.4 Å². The van der Waals surface area contributed by atoms with Crippen LogP contribution >= 0.6 is 0 Å². The molecule has 0 spiro atoms. The maximum Gasteiger partial charge on any atom is 0.254 e. The molecule has 0 aromatic heterocycles. The van der Waals surface area contributed by atoms with Gasteiger partial charge in [-0.05, 0) is 48.0 Å². The summed E-state index contributed by atoms with van der Waals surface area (Å²) < 4.78 is 40.4. The number of hydrogen-bond donors (Lipinski definition) is 0. The highest BCUT2D eigenvalue weighted by atomic mass is 19.1. The molecular weight excluding hydrogens is 405 g/mol. The largest absolute Gasteiger partial charge is 0.390 e. The van der Waals surface area contributed by atoms with Crippen LogP contribution in [0.1, 0.15) is 27.9 Å². The average molecular weight is 424 g/mol. The van der Waals surface area contributed by atoms with Crippen molar-refractivity contribution in [3.63, 3.8) is 0 Å². The molecule has 1 aliphatic rings. The summed E-state index contributed by atoms with van der Waals surface area (Å²) in [5.74, 6) is -1.64. The molecule has 0 bridgehead atoms. The first-order valence-corrected chi connectivity index (χ1v) is 9.76. The second kappa shape index (κ2) is 9.04. The molecule has 1 amide bonds. The van der Waals surface area contributed by atoms with Crippen LogP contribution in [0.5, 0.6) is 0 Å². The molecule has 1 aliphatic heterocycles. The number of carbonyl (C=O) groups excluding carboxylic acids is 1. The molecule has 4 nitrogen and oxygen atoms in total. The average Bonchev–Trinajstić information content (AvgIpc) is 3.23. The van der Waals surface area contributed by atoms with E-state index in [1.807, 2.05) is 0 Å². The Labute approximate surface area is 177 Å². The summed E-state index contributed by atoms with van der Waals surface area (Å²) in [6.45, 7) is 0.361. The van der Waals surface area contributed by atoms with Gasteiger partial charge < -0.3 is 9.74 Å². The van der Waals surface area contributed by atoms with Gasteiger partial charge in [-0.15, -0.1) is 0 Å². The molecule has 1 heterocycles. The Balaban J connectivity index is 1.52. The normalized spacial score (nSPS) is 15.3. The number of benzene rings is 3. The van der Waals surface area contributed by atoms with Gasteiger partial charge in [0.2, 0.25) is 0 Å². The fraction of sp³-hybridized carbons (Fsp3) is 0.167. The Bertz CT molecular complexity index is 1120. The highest BCUT2D eigenvalue weighted by Gasteiger charge is 2.27. The lowest BCUT2D eigenvalue weighted by molar-refractivity contribution is 0.0405.